The number of aromatic amines is 1. The van der Waals surface area contributed by atoms with Crippen molar-refractivity contribution in [1.82, 2.24) is 14.6 Å². The van der Waals surface area contributed by atoms with Crippen LogP contribution in [0.15, 0.2) is 40.1 Å². The molecule has 0 amide bonds. The average Bonchev–Trinajstić information content (AvgIpc) is 3.03. The first-order chi connectivity index (χ1) is 17.3. The number of carbonyl (C=O) groups is 1. The normalized spacial score (nSPS) is 25.9. The van der Waals surface area contributed by atoms with Crippen molar-refractivity contribution in [2.75, 3.05) is 13.2 Å². The second kappa shape index (κ2) is 11.6. The van der Waals surface area contributed by atoms with E-state index in [1.54, 1.807) is 6.92 Å². The number of hydrogen-bond acceptors (Lipinski definition) is 9. The van der Waals surface area contributed by atoms with Crippen LogP contribution in [0.5, 0.6) is 5.75 Å². The summed E-state index contributed by atoms with van der Waals surface area (Å²) in [4.78, 5) is 37.6. The van der Waals surface area contributed by atoms with E-state index in [0.29, 0.717) is 0 Å². The predicted molar refractivity (Wildman–Crippen MR) is 131 cm³/mol. The second-order valence-electron chi connectivity index (χ2n) is 8.20. The van der Waals surface area contributed by atoms with Crippen LogP contribution in [-0.4, -0.2) is 57.8 Å². The van der Waals surface area contributed by atoms with Gasteiger partial charge in [-0.1, -0.05) is 23.2 Å². The Morgan fingerprint density at radius 3 is 2.70 bits per heavy atom. The molecule has 2 heterocycles. The standard InChI is InChI=1S/C21H25Cl2FN3O9P/c1-4-33-18(30)11(2)26-37(32,36-14-6-5-12(22)9-13(14)23)34-10-15-17(29)21(3,24)19(35-15)27-8-7-16(28)25-20(27)31/h5-9,11,15,17,19,29H,4,10H2,1-3H3,(H,26,32)(H,25,28,31)/t11-,15+,17+,19+,21+,37?/m0/s1. The number of aliphatic hydroxyl groups excluding tert-OH is 1. The van der Waals surface area contributed by atoms with Crippen LogP contribution in [0, 0.1) is 0 Å². The van der Waals surface area contributed by atoms with E-state index in [9.17, 15) is 24.1 Å². The minimum Gasteiger partial charge on any atom is -0.465 e. The van der Waals surface area contributed by atoms with Crippen LogP contribution >= 0.6 is 30.9 Å². The first-order valence-corrected chi connectivity index (χ1v) is 13.2. The molecule has 0 spiro atoms. The number of ether oxygens (including phenoxy) is 2. The Hall–Kier alpha value is -2.25. The molecule has 1 aliphatic heterocycles. The molecular weight excluding hydrogens is 559 g/mol. The Kier molecular flexibility index (Phi) is 9.23. The van der Waals surface area contributed by atoms with Crippen molar-refractivity contribution in [2.45, 2.75) is 50.9 Å². The highest BCUT2D eigenvalue weighted by molar-refractivity contribution is 7.52. The van der Waals surface area contributed by atoms with Gasteiger partial charge in [-0.15, -0.1) is 0 Å². The lowest BCUT2D eigenvalue weighted by molar-refractivity contribution is -0.144. The maximum atomic E-state index is 15.5. The highest BCUT2D eigenvalue weighted by Crippen LogP contribution is 2.49. The summed E-state index contributed by atoms with van der Waals surface area (Å²) in [6, 6.07) is 3.85. The second-order valence-corrected chi connectivity index (χ2v) is 10.7. The number of H-pyrrole nitrogens is 1. The molecule has 0 radical (unpaired) electrons. The minimum atomic E-state index is -4.45. The fourth-order valence-electron chi connectivity index (χ4n) is 3.46. The number of rotatable bonds is 10. The molecule has 3 rings (SSSR count). The lowest BCUT2D eigenvalue weighted by Gasteiger charge is -2.25. The molecule has 3 N–H and O–H groups in total. The quantitative estimate of drug-likeness (QED) is 0.280. The summed E-state index contributed by atoms with van der Waals surface area (Å²) in [6.07, 6.45) is -3.95. The molecule has 6 atom stereocenters. The smallest absolute Gasteiger partial charge is 0.459 e. The van der Waals surface area contributed by atoms with Crippen molar-refractivity contribution < 1.29 is 37.4 Å². The summed E-state index contributed by atoms with van der Waals surface area (Å²) in [5, 5.41) is 13.2. The number of carbonyl (C=O) groups excluding carboxylic acids is 1. The molecule has 1 unspecified atom stereocenters. The SMILES string of the molecule is CCOC(=O)[C@H](C)NP(=O)(OC[C@H]1O[C@@H](n2ccc(=O)[nH]c2=O)[C@](C)(F)[C@@H]1O)Oc1ccc(Cl)cc1Cl. The molecule has 204 valence electrons. The van der Waals surface area contributed by atoms with Crippen molar-refractivity contribution >= 4 is 36.9 Å². The Morgan fingerprint density at radius 2 is 2.08 bits per heavy atom. The third-order valence-corrected chi connectivity index (χ3v) is 7.49. The van der Waals surface area contributed by atoms with E-state index in [4.69, 9.17) is 41.7 Å². The summed E-state index contributed by atoms with van der Waals surface area (Å²) in [6.45, 7) is 3.27. The van der Waals surface area contributed by atoms with Crippen molar-refractivity contribution in [1.29, 1.82) is 0 Å². The zero-order valence-electron chi connectivity index (χ0n) is 19.9. The molecule has 12 nitrogen and oxygen atoms in total. The topological polar surface area (TPSA) is 158 Å². The number of alkyl halides is 1. The lowest BCUT2D eigenvalue weighted by Crippen LogP contribution is -2.43. The van der Waals surface area contributed by atoms with Crippen LogP contribution in [0.3, 0.4) is 0 Å². The fraction of sp³-hybridized carbons (Fsp3) is 0.476. The van der Waals surface area contributed by atoms with Crippen molar-refractivity contribution in [3.05, 3.63) is 61.3 Å². The molecule has 16 heteroatoms. The molecule has 0 bridgehead atoms. The van der Waals surface area contributed by atoms with Crippen molar-refractivity contribution in [3.8, 4) is 5.75 Å². The number of aliphatic hydroxyl groups is 1. The van der Waals surface area contributed by atoms with E-state index in [-0.39, 0.29) is 22.4 Å². The van der Waals surface area contributed by atoms with Gasteiger partial charge in [0.05, 0.1) is 18.2 Å². The van der Waals surface area contributed by atoms with E-state index >= 15 is 4.39 Å². The van der Waals surface area contributed by atoms with Crippen molar-refractivity contribution in [2.24, 2.45) is 0 Å². The zero-order chi connectivity index (χ0) is 27.5. The largest absolute Gasteiger partial charge is 0.465 e. The van der Waals surface area contributed by atoms with Crippen LogP contribution in [0.2, 0.25) is 10.0 Å². The summed E-state index contributed by atoms with van der Waals surface area (Å²) in [5.74, 6) is -0.873. The molecule has 2 aromatic rings. The van der Waals surface area contributed by atoms with Crippen LogP contribution < -0.4 is 20.9 Å². The molecule has 0 saturated carbocycles. The van der Waals surface area contributed by atoms with Gasteiger partial charge in [-0.25, -0.2) is 13.8 Å². The maximum absolute atomic E-state index is 15.5. The van der Waals surface area contributed by atoms with E-state index < -0.39 is 61.7 Å². The van der Waals surface area contributed by atoms with E-state index in [1.165, 1.54) is 25.1 Å². The lowest BCUT2D eigenvalue weighted by atomic mass is 9.98. The van der Waals surface area contributed by atoms with E-state index in [0.717, 1.165) is 23.8 Å². The van der Waals surface area contributed by atoms with Gasteiger partial charge in [0, 0.05) is 17.3 Å². The predicted octanol–water partition coefficient (Wildman–Crippen LogP) is 2.57. The highest BCUT2D eigenvalue weighted by Gasteiger charge is 2.56. The fourth-order valence-corrected chi connectivity index (χ4v) is 5.48. The number of hydrogen-bond donors (Lipinski definition) is 3. The summed E-state index contributed by atoms with van der Waals surface area (Å²) < 4.78 is 51.2. The van der Waals surface area contributed by atoms with Gasteiger partial charge in [0.1, 0.15) is 24.0 Å². The molecule has 1 saturated heterocycles. The molecule has 0 aliphatic carbocycles. The Labute approximate surface area is 220 Å². The first-order valence-electron chi connectivity index (χ1n) is 10.9. The van der Waals surface area contributed by atoms with Gasteiger partial charge < -0.3 is 19.1 Å². The third-order valence-electron chi connectivity index (χ3n) is 5.33. The van der Waals surface area contributed by atoms with Crippen LogP contribution in [-0.2, 0) is 23.4 Å². The summed E-state index contributed by atoms with van der Waals surface area (Å²) >= 11 is 12.0. The van der Waals surface area contributed by atoms with E-state index in [1.807, 2.05) is 4.98 Å². The molecule has 1 aromatic carbocycles. The van der Waals surface area contributed by atoms with E-state index in [2.05, 4.69) is 5.09 Å². The average molecular weight is 584 g/mol. The van der Waals surface area contributed by atoms with Gasteiger partial charge in [-0.3, -0.25) is 23.7 Å². The molecular formula is C21H25Cl2FN3O9P. The molecule has 1 fully saturated rings. The minimum absolute atomic E-state index is 0.0205. The zero-order valence-corrected chi connectivity index (χ0v) is 22.3. The van der Waals surface area contributed by atoms with Gasteiger partial charge >= 0.3 is 19.4 Å². The number of nitrogens with one attached hydrogen (secondary N) is 2. The molecule has 1 aliphatic rings. The number of esters is 1. The van der Waals surface area contributed by atoms with Gasteiger partial charge in [0.2, 0.25) is 0 Å². The van der Waals surface area contributed by atoms with Crippen LogP contribution in [0.1, 0.15) is 27.0 Å². The molecule has 37 heavy (non-hydrogen) atoms. The molecule has 1 aromatic heterocycles. The third kappa shape index (κ3) is 6.80. The van der Waals surface area contributed by atoms with Crippen LogP contribution in [0.25, 0.3) is 0 Å². The highest BCUT2D eigenvalue weighted by atomic mass is 35.5. The van der Waals surface area contributed by atoms with Gasteiger partial charge in [0.15, 0.2) is 11.9 Å². The van der Waals surface area contributed by atoms with Crippen molar-refractivity contribution in [3.63, 3.8) is 0 Å². The Bertz CT molecular complexity index is 1300. The monoisotopic (exact) mass is 583 g/mol. The summed E-state index contributed by atoms with van der Waals surface area (Å²) in [7, 11) is -4.45. The van der Waals surface area contributed by atoms with Gasteiger partial charge in [-0.2, -0.15) is 5.09 Å². The summed E-state index contributed by atoms with van der Waals surface area (Å²) in [5.41, 5.74) is -4.20. The number of benzene rings is 1. The Balaban J connectivity index is 1.84. The maximum Gasteiger partial charge on any atom is 0.459 e. The number of nitrogens with zero attached hydrogens (tertiary/aromatic N) is 1. The van der Waals surface area contributed by atoms with Gasteiger partial charge in [0.25, 0.3) is 5.56 Å². The first kappa shape index (κ1) is 29.3. The number of halogens is 3. The van der Waals surface area contributed by atoms with Crippen LogP contribution in [0.4, 0.5) is 4.39 Å². The van der Waals surface area contributed by atoms with Gasteiger partial charge in [-0.05, 0) is 39.0 Å². The Morgan fingerprint density at radius 1 is 1.38 bits per heavy atom. The number of aromatic nitrogens is 2.